The molecule has 5 nitrogen and oxygen atoms in total. The standard InChI is InChI=1S/C18H35N3O2.2ClH/c1-14(15(2)19)16(22)20-12-18(8-6-5-7-9-18)21-10-11-23-17(3,4)13-21;;/h14-15H,5-13,19H2,1-4H3,(H,20,22);2*1H. The lowest BCUT2D eigenvalue weighted by Gasteiger charge is -2.51. The second kappa shape index (κ2) is 10.3. The normalized spacial score (nSPS) is 25.0. The first-order valence-corrected chi connectivity index (χ1v) is 9.18. The molecular formula is C18H37Cl2N3O2. The number of nitrogens with two attached hydrogens (primary N) is 1. The predicted molar refractivity (Wildman–Crippen MR) is 108 cm³/mol. The lowest BCUT2D eigenvalue weighted by atomic mass is 9.79. The van der Waals surface area contributed by atoms with E-state index in [1.165, 1.54) is 19.3 Å². The van der Waals surface area contributed by atoms with Crippen LogP contribution in [0.25, 0.3) is 0 Å². The van der Waals surface area contributed by atoms with Crippen LogP contribution < -0.4 is 11.1 Å². The van der Waals surface area contributed by atoms with E-state index in [0.717, 1.165) is 39.1 Å². The topological polar surface area (TPSA) is 67.6 Å². The minimum absolute atomic E-state index is 0. The van der Waals surface area contributed by atoms with E-state index in [4.69, 9.17) is 10.5 Å². The maximum Gasteiger partial charge on any atom is 0.224 e. The minimum atomic E-state index is -0.142. The molecule has 1 amide bonds. The fourth-order valence-electron chi connectivity index (χ4n) is 3.89. The smallest absolute Gasteiger partial charge is 0.224 e. The van der Waals surface area contributed by atoms with Crippen LogP contribution in [0, 0.1) is 5.92 Å². The van der Waals surface area contributed by atoms with Gasteiger partial charge in [-0.3, -0.25) is 9.69 Å². The Hall–Kier alpha value is -0.0700. The molecule has 0 bridgehead atoms. The van der Waals surface area contributed by atoms with Gasteiger partial charge < -0.3 is 15.8 Å². The fraction of sp³-hybridized carbons (Fsp3) is 0.944. The number of rotatable bonds is 5. The van der Waals surface area contributed by atoms with Gasteiger partial charge in [0.15, 0.2) is 0 Å². The number of ether oxygens (including phenoxy) is 1. The Balaban J connectivity index is 0.00000288. The quantitative estimate of drug-likeness (QED) is 0.747. The van der Waals surface area contributed by atoms with Crippen molar-refractivity contribution in [3.8, 4) is 0 Å². The van der Waals surface area contributed by atoms with Crippen molar-refractivity contribution in [2.24, 2.45) is 11.7 Å². The molecule has 0 aromatic heterocycles. The van der Waals surface area contributed by atoms with Gasteiger partial charge in [0, 0.05) is 37.1 Å². The second-order valence-corrected chi connectivity index (χ2v) is 8.18. The van der Waals surface area contributed by atoms with Gasteiger partial charge in [0.2, 0.25) is 5.91 Å². The molecule has 0 aromatic rings. The van der Waals surface area contributed by atoms with Crippen molar-refractivity contribution >= 4 is 30.7 Å². The average molecular weight is 398 g/mol. The number of carbonyl (C=O) groups excluding carboxylic acids is 1. The first-order chi connectivity index (χ1) is 10.8. The average Bonchev–Trinajstić information content (AvgIpc) is 2.51. The van der Waals surface area contributed by atoms with Gasteiger partial charge in [-0.05, 0) is 33.6 Å². The van der Waals surface area contributed by atoms with Crippen LogP contribution >= 0.6 is 24.8 Å². The molecule has 7 heteroatoms. The van der Waals surface area contributed by atoms with Crippen LogP contribution in [-0.4, -0.2) is 54.2 Å². The van der Waals surface area contributed by atoms with Crippen LogP contribution in [0.15, 0.2) is 0 Å². The van der Waals surface area contributed by atoms with Crippen molar-refractivity contribution in [3.05, 3.63) is 0 Å². The number of hydrogen-bond donors (Lipinski definition) is 2. The van der Waals surface area contributed by atoms with Crippen LogP contribution in [0.1, 0.15) is 59.8 Å². The summed E-state index contributed by atoms with van der Waals surface area (Å²) < 4.78 is 5.88. The lowest BCUT2D eigenvalue weighted by molar-refractivity contribution is -0.131. The van der Waals surface area contributed by atoms with E-state index in [2.05, 4.69) is 24.1 Å². The lowest BCUT2D eigenvalue weighted by Crippen LogP contribution is -2.63. The van der Waals surface area contributed by atoms with Crippen LogP contribution in [-0.2, 0) is 9.53 Å². The summed E-state index contributed by atoms with van der Waals surface area (Å²) in [6.45, 7) is 11.5. The Labute approximate surface area is 165 Å². The maximum atomic E-state index is 12.3. The van der Waals surface area contributed by atoms with Gasteiger partial charge in [-0.1, -0.05) is 26.2 Å². The molecule has 1 aliphatic carbocycles. The molecule has 0 spiro atoms. The van der Waals surface area contributed by atoms with E-state index in [9.17, 15) is 4.79 Å². The summed E-state index contributed by atoms with van der Waals surface area (Å²) in [5, 5.41) is 3.20. The molecule has 150 valence electrons. The van der Waals surface area contributed by atoms with Crippen LogP contribution in [0.3, 0.4) is 0 Å². The van der Waals surface area contributed by atoms with Crippen molar-refractivity contribution in [1.82, 2.24) is 10.2 Å². The molecule has 2 fully saturated rings. The Morgan fingerprint density at radius 2 is 1.80 bits per heavy atom. The van der Waals surface area contributed by atoms with Crippen LogP contribution in [0.2, 0.25) is 0 Å². The third-order valence-corrected chi connectivity index (χ3v) is 5.67. The minimum Gasteiger partial charge on any atom is -0.373 e. The number of carbonyl (C=O) groups is 1. The SMILES string of the molecule is CC(N)C(C)C(=O)NCC1(N2CCOC(C)(C)C2)CCCCC1.Cl.Cl. The number of morpholine rings is 1. The molecule has 25 heavy (non-hydrogen) atoms. The monoisotopic (exact) mass is 397 g/mol. The van der Waals surface area contributed by atoms with Gasteiger partial charge >= 0.3 is 0 Å². The molecular weight excluding hydrogens is 361 g/mol. The van der Waals surface area contributed by atoms with E-state index >= 15 is 0 Å². The zero-order chi connectivity index (χ0) is 17.1. The van der Waals surface area contributed by atoms with Crippen molar-refractivity contribution in [2.45, 2.75) is 77.0 Å². The number of amides is 1. The second-order valence-electron chi connectivity index (χ2n) is 8.18. The molecule has 3 N–H and O–H groups in total. The molecule has 2 unspecified atom stereocenters. The molecule has 2 aliphatic rings. The highest BCUT2D eigenvalue weighted by Crippen LogP contribution is 2.36. The summed E-state index contributed by atoms with van der Waals surface area (Å²) in [4.78, 5) is 14.9. The zero-order valence-corrected chi connectivity index (χ0v) is 17.8. The van der Waals surface area contributed by atoms with Crippen LogP contribution in [0.4, 0.5) is 0 Å². The first kappa shape index (κ1) is 24.9. The molecule has 0 aromatic carbocycles. The van der Waals surface area contributed by atoms with Crippen molar-refractivity contribution < 1.29 is 9.53 Å². The van der Waals surface area contributed by atoms with E-state index in [0.29, 0.717) is 0 Å². The van der Waals surface area contributed by atoms with E-state index in [1.54, 1.807) is 0 Å². The molecule has 1 heterocycles. The highest BCUT2D eigenvalue weighted by Gasteiger charge is 2.42. The highest BCUT2D eigenvalue weighted by molar-refractivity contribution is 5.85. The zero-order valence-electron chi connectivity index (χ0n) is 16.2. The summed E-state index contributed by atoms with van der Waals surface area (Å²) >= 11 is 0. The van der Waals surface area contributed by atoms with Gasteiger partial charge in [-0.2, -0.15) is 0 Å². The first-order valence-electron chi connectivity index (χ1n) is 9.18. The van der Waals surface area contributed by atoms with Gasteiger partial charge in [0.1, 0.15) is 0 Å². The number of halogens is 2. The van der Waals surface area contributed by atoms with Gasteiger partial charge in [-0.25, -0.2) is 0 Å². The number of nitrogens with zero attached hydrogens (tertiary/aromatic N) is 1. The number of hydrogen-bond acceptors (Lipinski definition) is 4. The van der Waals surface area contributed by atoms with Gasteiger partial charge in [0.25, 0.3) is 0 Å². The maximum absolute atomic E-state index is 12.3. The fourth-order valence-corrected chi connectivity index (χ4v) is 3.89. The number of nitrogens with one attached hydrogen (secondary N) is 1. The summed E-state index contributed by atoms with van der Waals surface area (Å²) in [5.41, 5.74) is 5.85. The summed E-state index contributed by atoms with van der Waals surface area (Å²) in [6, 6.07) is -0.111. The molecule has 0 radical (unpaired) electrons. The van der Waals surface area contributed by atoms with Gasteiger partial charge in [-0.15, -0.1) is 24.8 Å². The third-order valence-electron chi connectivity index (χ3n) is 5.67. The van der Waals surface area contributed by atoms with Crippen LogP contribution in [0.5, 0.6) is 0 Å². The third kappa shape index (κ3) is 6.55. The predicted octanol–water partition coefficient (Wildman–Crippen LogP) is 2.74. The Kier molecular flexibility index (Phi) is 10.3. The Morgan fingerprint density at radius 1 is 1.20 bits per heavy atom. The molecule has 1 saturated carbocycles. The van der Waals surface area contributed by atoms with Crippen molar-refractivity contribution in [3.63, 3.8) is 0 Å². The highest BCUT2D eigenvalue weighted by atomic mass is 35.5. The largest absolute Gasteiger partial charge is 0.373 e. The summed E-state index contributed by atoms with van der Waals surface area (Å²) in [5.74, 6) is -0.0609. The Morgan fingerprint density at radius 3 is 2.32 bits per heavy atom. The summed E-state index contributed by atoms with van der Waals surface area (Å²) in [6.07, 6.45) is 6.12. The molecule has 2 atom stereocenters. The Bertz CT molecular complexity index is 413. The van der Waals surface area contributed by atoms with Crippen molar-refractivity contribution in [2.75, 3.05) is 26.2 Å². The molecule has 1 aliphatic heterocycles. The molecule has 1 saturated heterocycles. The van der Waals surface area contributed by atoms with Crippen molar-refractivity contribution in [1.29, 1.82) is 0 Å². The van der Waals surface area contributed by atoms with E-state index in [-0.39, 0.29) is 53.8 Å². The van der Waals surface area contributed by atoms with E-state index in [1.807, 2.05) is 13.8 Å². The summed E-state index contributed by atoms with van der Waals surface area (Å²) in [7, 11) is 0. The van der Waals surface area contributed by atoms with E-state index < -0.39 is 0 Å². The molecule has 2 rings (SSSR count). The van der Waals surface area contributed by atoms with Gasteiger partial charge in [0.05, 0.1) is 12.2 Å².